The molecule has 2 rings (SSSR count). The first-order chi connectivity index (χ1) is 9.65. The van der Waals surface area contributed by atoms with Crippen LogP contribution in [0, 0.1) is 19.8 Å². The summed E-state index contributed by atoms with van der Waals surface area (Å²) in [6.45, 7) is 6.39. The molecular formula is C16H24N2OS. The van der Waals surface area contributed by atoms with Crippen LogP contribution in [0.5, 0.6) is 0 Å². The Labute approximate surface area is 125 Å². The molecule has 1 amide bonds. The summed E-state index contributed by atoms with van der Waals surface area (Å²) < 4.78 is 0. The van der Waals surface area contributed by atoms with Crippen LogP contribution in [0.1, 0.15) is 24.0 Å². The van der Waals surface area contributed by atoms with Gasteiger partial charge in [0.1, 0.15) is 0 Å². The average molecular weight is 292 g/mol. The van der Waals surface area contributed by atoms with E-state index >= 15 is 0 Å². The van der Waals surface area contributed by atoms with Crippen molar-refractivity contribution in [2.24, 2.45) is 5.92 Å². The Bertz CT molecular complexity index is 456. The Morgan fingerprint density at radius 3 is 2.95 bits per heavy atom. The number of carbonyl (C=O) groups is 1. The number of anilines is 1. The summed E-state index contributed by atoms with van der Waals surface area (Å²) >= 11 is 1.74. The minimum absolute atomic E-state index is 0.0991. The summed E-state index contributed by atoms with van der Waals surface area (Å²) in [7, 11) is 0. The van der Waals surface area contributed by atoms with Gasteiger partial charge < -0.3 is 10.6 Å². The molecule has 0 bridgehead atoms. The fourth-order valence-corrected chi connectivity index (χ4v) is 3.39. The van der Waals surface area contributed by atoms with Crippen LogP contribution in [-0.2, 0) is 4.79 Å². The van der Waals surface area contributed by atoms with Crippen molar-refractivity contribution in [3.63, 3.8) is 0 Å². The van der Waals surface area contributed by atoms with Gasteiger partial charge in [0.2, 0.25) is 5.91 Å². The third-order valence-electron chi connectivity index (χ3n) is 3.78. The van der Waals surface area contributed by atoms with E-state index in [4.69, 9.17) is 0 Å². The largest absolute Gasteiger partial charge is 0.325 e. The van der Waals surface area contributed by atoms with E-state index in [1.54, 1.807) is 11.8 Å². The Kier molecular flexibility index (Phi) is 5.92. The van der Waals surface area contributed by atoms with Crippen molar-refractivity contribution >= 4 is 23.4 Å². The fraction of sp³-hybridized carbons (Fsp3) is 0.562. The van der Waals surface area contributed by atoms with Crippen molar-refractivity contribution in [2.45, 2.75) is 26.7 Å². The number of carbonyl (C=O) groups excluding carboxylic acids is 1. The fourth-order valence-electron chi connectivity index (χ4n) is 2.40. The van der Waals surface area contributed by atoms with Crippen LogP contribution in [0.3, 0.4) is 0 Å². The highest BCUT2D eigenvalue weighted by Crippen LogP contribution is 2.17. The lowest BCUT2D eigenvalue weighted by Gasteiger charge is -2.22. The molecule has 110 valence electrons. The molecule has 1 saturated heterocycles. The van der Waals surface area contributed by atoms with Gasteiger partial charge in [0.25, 0.3) is 0 Å². The monoisotopic (exact) mass is 292 g/mol. The molecule has 1 aromatic carbocycles. The topological polar surface area (TPSA) is 41.1 Å². The summed E-state index contributed by atoms with van der Waals surface area (Å²) in [6, 6.07) is 6.05. The Morgan fingerprint density at radius 2 is 2.25 bits per heavy atom. The van der Waals surface area contributed by atoms with Gasteiger partial charge in [-0.05, 0) is 74.7 Å². The third kappa shape index (κ3) is 4.84. The van der Waals surface area contributed by atoms with Gasteiger partial charge in [-0.3, -0.25) is 4.79 Å². The highest BCUT2D eigenvalue weighted by molar-refractivity contribution is 7.99. The van der Waals surface area contributed by atoms with Gasteiger partial charge in [-0.2, -0.15) is 11.8 Å². The zero-order valence-electron chi connectivity index (χ0n) is 12.4. The second-order valence-electron chi connectivity index (χ2n) is 5.57. The smallest absolute Gasteiger partial charge is 0.234 e. The molecule has 1 atom stereocenters. The molecule has 2 N–H and O–H groups in total. The molecule has 3 nitrogen and oxygen atoms in total. The Morgan fingerprint density at radius 1 is 1.40 bits per heavy atom. The Balaban J connectivity index is 1.70. The quantitative estimate of drug-likeness (QED) is 0.876. The van der Waals surface area contributed by atoms with Gasteiger partial charge in [-0.15, -0.1) is 0 Å². The lowest BCUT2D eigenvalue weighted by atomic mass is 10.0. The van der Waals surface area contributed by atoms with Gasteiger partial charge in [0.15, 0.2) is 0 Å². The maximum Gasteiger partial charge on any atom is 0.234 e. The number of hydrogen-bond acceptors (Lipinski definition) is 3. The van der Waals surface area contributed by atoms with Crippen LogP contribution in [0.2, 0.25) is 0 Å². The lowest BCUT2D eigenvalue weighted by molar-refractivity contribution is -0.113. The van der Waals surface area contributed by atoms with Crippen molar-refractivity contribution < 1.29 is 4.79 Å². The zero-order chi connectivity index (χ0) is 14.4. The van der Waals surface area contributed by atoms with Crippen LogP contribution in [0.25, 0.3) is 0 Å². The standard InChI is InChI=1S/C16H24N2OS/c1-12-5-6-15(8-13(12)2)18-16(19)11-20-10-14-4-3-7-17-9-14/h5-6,8,14,17H,3-4,7,9-11H2,1-2H3,(H,18,19). The number of amides is 1. The normalized spacial score (nSPS) is 18.8. The van der Waals surface area contributed by atoms with E-state index in [0.29, 0.717) is 5.75 Å². The summed E-state index contributed by atoms with van der Waals surface area (Å²) in [4.78, 5) is 11.9. The number of thioether (sulfide) groups is 1. The van der Waals surface area contributed by atoms with E-state index in [1.807, 2.05) is 18.2 Å². The highest BCUT2D eigenvalue weighted by Gasteiger charge is 2.13. The molecule has 0 radical (unpaired) electrons. The number of aryl methyl sites for hydroxylation is 2. The van der Waals surface area contributed by atoms with Gasteiger partial charge in [0.05, 0.1) is 5.75 Å². The van der Waals surface area contributed by atoms with Gasteiger partial charge >= 0.3 is 0 Å². The molecule has 4 heteroatoms. The summed E-state index contributed by atoms with van der Waals surface area (Å²) in [5.74, 6) is 2.45. The lowest BCUT2D eigenvalue weighted by Crippen LogP contribution is -2.31. The van der Waals surface area contributed by atoms with E-state index in [-0.39, 0.29) is 5.91 Å². The van der Waals surface area contributed by atoms with E-state index in [0.717, 1.165) is 30.4 Å². The van der Waals surface area contributed by atoms with Crippen LogP contribution in [-0.4, -0.2) is 30.5 Å². The van der Waals surface area contributed by atoms with Crippen LogP contribution in [0.4, 0.5) is 5.69 Å². The predicted molar refractivity (Wildman–Crippen MR) is 87.5 cm³/mol. The minimum atomic E-state index is 0.0991. The van der Waals surface area contributed by atoms with Crippen LogP contribution in [0.15, 0.2) is 18.2 Å². The summed E-state index contributed by atoms with van der Waals surface area (Å²) in [6.07, 6.45) is 2.55. The van der Waals surface area contributed by atoms with Crippen molar-refractivity contribution in [1.82, 2.24) is 5.32 Å². The predicted octanol–water partition coefficient (Wildman–Crippen LogP) is 2.97. The molecule has 1 aromatic rings. The molecule has 0 aliphatic carbocycles. The molecular weight excluding hydrogens is 268 g/mol. The molecule has 1 aliphatic heterocycles. The van der Waals surface area contributed by atoms with Crippen molar-refractivity contribution in [2.75, 3.05) is 29.9 Å². The van der Waals surface area contributed by atoms with Gasteiger partial charge in [-0.1, -0.05) is 6.07 Å². The van der Waals surface area contributed by atoms with Gasteiger partial charge in [-0.25, -0.2) is 0 Å². The number of piperidine rings is 1. The molecule has 0 saturated carbocycles. The van der Waals surface area contributed by atoms with Gasteiger partial charge in [0, 0.05) is 5.69 Å². The molecule has 1 unspecified atom stereocenters. The van der Waals surface area contributed by atoms with Crippen LogP contribution < -0.4 is 10.6 Å². The number of rotatable bonds is 5. The van der Waals surface area contributed by atoms with E-state index in [9.17, 15) is 4.79 Å². The molecule has 1 aliphatic rings. The first-order valence-electron chi connectivity index (χ1n) is 7.30. The number of nitrogens with one attached hydrogen (secondary N) is 2. The SMILES string of the molecule is Cc1ccc(NC(=O)CSCC2CCCNC2)cc1C. The van der Waals surface area contributed by atoms with E-state index < -0.39 is 0 Å². The second-order valence-corrected chi connectivity index (χ2v) is 6.60. The maximum absolute atomic E-state index is 11.9. The summed E-state index contributed by atoms with van der Waals surface area (Å²) in [5, 5.41) is 6.38. The average Bonchev–Trinajstić information content (AvgIpc) is 2.44. The Hall–Kier alpha value is -1.00. The molecule has 1 heterocycles. The first-order valence-corrected chi connectivity index (χ1v) is 8.46. The van der Waals surface area contributed by atoms with Crippen molar-refractivity contribution in [3.05, 3.63) is 29.3 Å². The maximum atomic E-state index is 11.9. The van der Waals surface area contributed by atoms with Crippen molar-refractivity contribution in [1.29, 1.82) is 0 Å². The first kappa shape index (κ1) is 15.4. The van der Waals surface area contributed by atoms with Crippen molar-refractivity contribution in [3.8, 4) is 0 Å². The molecule has 20 heavy (non-hydrogen) atoms. The molecule has 0 spiro atoms. The third-order valence-corrected chi connectivity index (χ3v) is 4.95. The number of hydrogen-bond donors (Lipinski definition) is 2. The molecule has 1 fully saturated rings. The van der Waals surface area contributed by atoms with E-state index in [1.165, 1.54) is 24.0 Å². The minimum Gasteiger partial charge on any atom is -0.325 e. The highest BCUT2D eigenvalue weighted by atomic mass is 32.2. The summed E-state index contributed by atoms with van der Waals surface area (Å²) in [5.41, 5.74) is 3.36. The number of benzene rings is 1. The van der Waals surface area contributed by atoms with E-state index in [2.05, 4.69) is 24.5 Å². The zero-order valence-corrected chi connectivity index (χ0v) is 13.2. The molecule has 0 aromatic heterocycles. The second kappa shape index (κ2) is 7.70. The van der Waals surface area contributed by atoms with Crippen LogP contribution >= 0.6 is 11.8 Å².